The van der Waals surface area contributed by atoms with Crippen molar-refractivity contribution in [1.82, 2.24) is 4.90 Å². The van der Waals surface area contributed by atoms with Crippen LogP contribution in [0.3, 0.4) is 0 Å². The minimum Gasteiger partial charge on any atom is -0.466 e. The monoisotopic (exact) mass is 355 g/mol. The standard InChI is InChI=1S/C14H17N3O6S/c1-23-14(20)11-8-17(6-7-18)13(19)12(11)16-9-2-4-10(5-3-9)24(15,21)22/h2-5,16,18H,6-8H2,1H3,(H2,15,21,22). The number of β-amino-alcohol motifs (C(OH)–C–C–N with tert-alkyl or cyclic N) is 1. The third kappa shape index (κ3) is 3.72. The van der Waals surface area contributed by atoms with E-state index in [9.17, 15) is 18.0 Å². The molecule has 0 bridgehead atoms. The maximum atomic E-state index is 12.3. The van der Waals surface area contributed by atoms with Crippen molar-refractivity contribution in [3.63, 3.8) is 0 Å². The molecule has 1 aromatic carbocycles. The predicted octanol–water partition coefficient (Wildman–Crippen LogP) is -0.992. The number of carbonyl (C=O) groups is 2. The maximum Gasteiger partial charge on any atom is 0.337 e. The van der Waals surface area contributed by atoms with Crippen LogP contribution in [0.4, 0.5) is 5.69 Å². The average Bonchev–Trinajstić information content (AvgIpc) is 2.84. The van der Waals surface area contributed by atoms with Gasteiger partial charge in [-0.1, -0.05) is 0 Å². The zero-order chi connectivity index (χ0) is 17.9. The van der Waals surface area contributed by atoms with Crippen LogP contribution in [-0.2, 0) is 24.3 Å². The van der Waals surface area contributed by atoms with E-state index in [0.717, 1.165) is 0 Å². The molecule has 0 atom stereocenters. The van der Waals surface area contributed by atoms with Gasteiger partial charge in [-0.3, -0.25) is 4.79 Å². The molecule has 0 aliphatic carbocycles. The fraction of sp³-hybridized carbons (Fsp3) is 0.286. The van der Waals surface area contributed by atoms with Crippen molar-refractivity contribution in [3.05, 3.63) is 35.5 Å². The van der Waals surface area contributed by atoms with Gasteiger partial charge in [0.15, 0.2) is 0 Å². The van der Waals surface area contributed by atoms with E-state index in [4.69, 9.17) is 10.2 Å². The van der Waals surface area contributed by atoms with Crippen LogP contribution in [-0.4, -0.2) is 57.1 Å². The van der Waals surface area contributed by atoms with Gasteiger partial charge >= 0.3 is 5.97 Å². The molecule has 0 aromatic heterocycles. The Balaban J connectivity index is 2.30. The van der Waals surface area contributed by atoms with Crippen LogP contribution in [0.2, 0.25) is 0 Å². The topological polar surface area (TPSA) is 139 Å². The highest BCUT2D eigenvalue weighted by molar-refractivity contribution is 7.89. The number of hydrogen-bond acceptors (Lipinski definition) is 7. The predicted molar refractivity (Wildman–Crippen MR) is 84.1 cm³/mol. The number of ether oxygens (including phenoxy) is 1. The summed E-state index contributed by atoms with van der Waals surface area (Å²) >= 11 is 0. The summed E-state index contributed by atoms with van der Waals surface area (Å²) in [5.74, 6) is -1.12. The average molecular weight is 355 g/mol. The van der Waals surface area contributed by atoms with E-state index < -0.39 is 21.9 Å². The van der Waals surface area contributed by atoms with Gasteiger partial charge in [0.25, 0.3) is 5.91 Å². The van der Waals surface area contributed by atoms with E-state index in [2.05, 4.69) is 10.1 Å². The zero-order valence-electron chi connectivity index (χ0n) is 12.9. The van der Waals surface area contributed by atoms with Gasteiger partial charge in [0, 0.05) is 12.2 Å². The van der Waals surface area contributed by atoms with E-state index in [1.54, 1.807) is 0 Å². The van der Waals surface area contributed by atoms with E-state index in [1.807, 2.05) is 0 Å². The Kier molecular flexibility index (Phi) is 5.22. The molecule has 1 aliphatic rings. The summed E-state index contributed by atoms with van der Waals surface area (Å²) in [5.41, 5.74) is 0.558. The van der Waals surface area contributed by atoms with Crippen LogP contribution in [0.5, 0.6) is 0 Å². The third-order valence-corrected chi connectivity index (χ3v) is 4.33. The van der Waals surface area contributed by atoms with Gasteiger partial charge in [-0.15, -0.1) is 0 Å². The van der Waals surface area contributed by atoms with E-state index in [-0.39, 0.29) is 35.9 Å². The molecule has 9 nitrogen and oxygen atoms in total. The molecule has 130 valence electrons. The van der Waals surface area contributed by atoms with Crippen molar-refractivity contribution in [2.45, 2.75) is 4.90 Å². The number of primary sulfonamides is 1. The number of carbonyl (C=O) groups excluding carboxylic acids is 2. The minimum absolute atomic E-state index is 0.0175. The SMILES string of the molecule is COC(=O)C1=C(Nc2ccc(S(N)(=O)=O)cc2)C(=O)N(CCO)C1. The first-order chi connectivity index (χ1) is 11.3. The highest BCUT2D eigenvalue weighted by Crippen LogP contribution is 2.23. The number of nitrogens with one attached hydrogen (secondary N) is 1. The molecular formula is C14H17N3O6S. The highest BCUT2D eigenvalue weighted by atomic mass is 32.2. The number of anilines is 1. The van der Waals surface area contributed by atoms with Gasteiger partial charge in [-0.25, -0.2) is 18.4 Å². The number of methoxy groups -OCH3 is 1. The second kappa shape index (κ2) is 6.99. The van der Waals surface area contributed by atoms with Gasteiger partial charge < -0.3 is 20.1 Å². The van der Waals surface area contributed by atoms with Crippen molar-refractivity contribution in [2.75, 3.05) is 32.1 Å². The first-order valence-electron chi connectivity index (χ1n) is 6.89. The summed E-state index contributed by atoms with van der Waals surface area (Å²) in [5, 5.41) is 16.8. The number of benzene rings is 1. The normalized spacial score (nSPS) is 15.0. The van der Waals surface area contributed by atoms with Crippen LogP contribution in [0.25, 0.3) is 0 Å². The third-order valence-electron chi connectivity index (χ3n) is 3.41. The number of esters is 1. The van der Waals surface area contributed by atoms with E-state index in [1.165, 1.54) is 36.3 Å². The maximum absolute atomic E-state index is 12.3. The number of aliphatic hydroxyl groups is 1. The Hall–Kier alpha value is -2.43. The molecule has 1 aromatic rings. The lowest BCUT2D eigenvalue weighted by Gasteiger charge is -2.15. The number of nitrogens with two attached hydrogens (primary N) is 1. The second-order valence-corrected chi connectivity index (χ2v) is 6.55. The van der Waals surface area contributed by atoms with E-state index >= 15 is 0 Å². The van der Waals surface area contributed by atoms with Gasteiger partial charge in [-0.05, 0) is 24.3 Å². The molecule has 0 saturated carbocycles. The first-order valence-corrected chi connectivity index (χ1v) is 8.44. The van der Waals surface area contributed by atoms with Gasteiger partial charge in [-0.2, -0.15) is 0 Å². The molecular weight excluding hydrogens is 338 g/mol. The lowest BCUT2D eigenvalue weighted by molar-refractivity contribution is -0.136. The van der Waals surface area contributed by atoms with Gasteiger partial charge in [0.05, 0.1) is 30.7 Å². The van der Waals surface area contributed by atoms with Crippen molar-refractivity contribution in [3.8, 4) is 0 Å². The van der Waals surface area contributed by atoms with Crippen molar-refractivity contribution in [2.24, 2.45) is 5.14 Å². The summed E-state index contributed by atoms with van der Waals surface area (Å²) in [6.45, 7) is -0.144. The number of rotatable bonds is 6. The van der Waals surface area contributed by atoms with Crippen molar-refractivity contribution < 1.29 is 27.9 Å². The summed E-state index contributed by atoms with van der Waals surface area (Å²) in [4.78, 5) is 25.4. The minimum atomic E-state index is -3.82. The number of amides is 1. The second-order valence-electron chi connectivity index (χ2n) is 4.99. The molecule has 4 N–H and O–H groups in total. The molecule has 2 rings (SSSR count). The zero-order valence-corrected chi connectivity index (χ0v) is 13.7. The summed E-state index contributed by atoms with van der Waals surface area (Å²) in [7, 11) is -2.62. The van der Waals surface area contributed by atoms with Crippen LogP contribution in [0.15, 0.2) is 40.4 Å². The lowest BCUT2D eigenvalue weighted by Crippen LogP contribution is -2.31. The summed E-state index contributed by atoms with van der Waals surface area (Å²) in [6, 6.07) is 5.40. The first kappa shape index (κ1) is 17.9. The fourth-order valence-electron chi connectivity index (χ4n) is 2.22. The molecule has 0 unspecified atom stereocenters. The van der Waals surface area contributed by atoms with Crippen LogP contribution < -0.4 is 10.5 Å². The molecule has 24 heavy (non-hydrogen) atoms. The smallest absolute Gasteiger partial charge is 0.337 e. The molecule has 0 radical (unpaired) electrons. The summed E-state index contributed by atoms with van der Waals surface area (Å²) < 4.78 is 27.1. The number of sulfonamides is 1. The molecule has 0 spiro atoms. The molecule has 10 heteroatoms. The number of nitrogens with zero attached hydrogens (tertiary/aromatic N) is 1. The van der Waals surface area contributed by atoms with Gasteiger partial charge in [0.2, 0.25) is 10.0 Å². The van der Waals surface area contributed by atoms with E-state index in [0.29, 0.717) is 5.69 Å². The van der Waals surface area contributed by atoms with Crippen LogP contribution >= 0.6 is 0 Å². The molecule has 1 aliphatic heterocycles. The lowest BCUT2D eigenvalue weighted by atomic mass is 10.2. The largest absolute Gasteiger partial charge is 0.466 e. The van der Waals surface area contributed by atoms with Gasteiger partial charge in [0.1, 0.15) is 5.70 Å². The number of hydrogen-bond donors (Lipinski definition) is 3. The quantitative estimate of drug-likeness (QED) is 0.557. The summed E-state index contributed by atoms with van der Waals surface area (Å²) in [6.07, 6.45) is 0. The van der Waals surface area contributed by atoms with Crippen LogP contribution in [0, 0.1) is 0 Å². The highest BCUT2D eigenvalue weighted by Gasteiger charge is 2.34. The Labute approximate surface area is 138 Å². The molecule has 0 fully saturated rings. The Bertz CT molecular complexity index is 785. The van der Waals surface area contributed by atoms with Crippen molar-refractivity contribution >= 4 is 27.6 Å². The Morgan fingerprint density at radius 2 is 2.00 bits per heavy atom. The Morgan fingerprint density at radius 3 is 2.50 bits per heavy atom. The van der Waals surface area contributed by atoms with Crippen molar-refractivity contribution in [1.29, 1.82) is 0 Å². The fourth-order valence-corrected chi connectivity index (χ4v) is 2.74. The number of aliphatic hydroxyl groups excluding tert-OH is 1. The molecule has 1 heterocycles. The Morgan fingerprint density at radius 1 is 1.38 bits per heavy atom. The van der Waals surface area contributed by atoms with Crippen LogP contribution in [0.1, 0.15) is 0 Å². The molecule has 1 amide bonds. The molecule has 0 saturated heterocycles.